The van der Waals surface area contributed by atoms with E-state index in [1.807, 2.05) is 0 Å². The normalized spacial score (nSPS) is 20.0. The number of amides is 1. The number of rotatable bonds is 5. The quantitative estimate of drug-likeness (QED) is 0.907. The van der Waals surface area contributed by atoms with Crippen LogP contribution in [0.4, 0.5) is 8.78 Å². The molecule has 2 saturated carbocycles. The molecule has 1 aromatic rings. The number of hydrogen-bond acceptors (Lipinski definition) is 2. The van der Waals surface area contributed by atoms with Gasteiger partial charge >= 0.3 is 0 Å². The van der Waals surface area contributed by atoms with Crippen molar-refractivity contribution in [2.45, 2.75) is 69.9 Å². The molecular weight excluding hydrogens is 276 g/mol. The van der Waals surface area contributed by atoms with Crippen molar-refractivity contribution in [2.75, 3.05) is 0 Å². The first kappa shape index (κ1) is 14.5. The van der Waals surface area contributed by atoms with Crippen molar-refractivity contribution in [3.63, 3.8) is 0 Å². The molecule has 0 aliphatic heterocycles. The van der Waals surface area contributed by atoms with E-state index in [9.17, 15) is 13.6 Å². The van der Waals surface area contributed by atoms with Gasteiger partial charge in [-0.2, -0.15) is 5.10 Å². The highest BCUT2D eigenvalue weighted by Crippen LogP contribution is 2.40. The van der Waals surface area contributed by atoms with Gasteiger partial charge in [-0.05, 0) is 31.7 Å². The Kier molecular flexibility index (Phi) is 4.22. The lowest BCUT2D eigenvalue weighted by atomic mass is 9.95. The second kappa shape index (κ2) is 6.12. The standard InChI is InChI=1S/C15H21F2N3O/c16-15(17)13-8-12(10-6-7-10)19-20(13)9-14(21)18-11-4-2-1-3-5-11/h8,10-11,15H,1-7,9H2,(H,18,21). The van der Waals surface area contributed by atoms with Crippen LogP contribution in [-0.4, -0.2) is 21.7 Å². The smallest absolute Gasteiger partial charge is 0.280 e. The summed E-state index contributed by atoms with van der Waals surface area (Å²) in [4.78, 5) is 12.0. The molecule has 0 aromatic carbocycles. The van der Waals surface area contributed by atoms with Crippen molar-refractivity contribution >= 4 is 5.91 Å². The van der Waals surface area contributed by atoms with Crippen LogP contribution >= 0.6 is 0 Å². The first-order chi connectivity index (χ1) is 10.1. The summed E-state index contributed by atoms with van der Waals surface area (Å²) in [6, 6.07) is 1.65. The van der Waals surface area contributed by atoms with E-state index in [-0.39, 0.29) is 24.2 Å². The number of carbonyl (C=O) groups is 1. The summed E-state index contributed by atoms with van der Waals surface area (Å²) >= 11 is 0. The van der Waals surface area contributed by atoms with Gasteiger partial charge in [0.25, 0.3) is 6.43 Å². The Balaban J connectivity index is 1.63. The maximum Gasteiger partial charge on any atom is 0.280 e. The maximum absolute atomic E-state index is 13.0. The fourth-order valence-corrected chi connectivity index (χ4v) is 2.99. The Bertz CT molecular complexity index is 505. The lowest BCUT2D eigenvalue weighted by Crippen LogP contribution is -2.38. The van der Waals surface area contributed by atoms with Gasteiger partial charge in [-0.1, -0.05) is 19.3 Å². The number of nitrogens with one attached hydrogen (secondary N) is 1. The molecule has 0 bridgehead atoms. The molecule has 1 heterocycles. The lowest BCUT2D eigenvalue weighted by Gasteiger charge is -2.22. The molecule has 4 nitrogen and oxygen atoms in total. The number of alkyl halides is 2. The predicted molar refractivity (Wildman–Crippen MR) is 74.2 cm³/mol. The highest BCUT2D eigenvalue weighted by Gasteiger charge is 2.29. The molecule has 21 heavy (non-hydrogen) atoms. The average Bonchev–Trinajstić information content (AvgIpc) is 3.21. The molecule has 116 valence electrons. The fourth-order valence-electron chi connectivity index (χ4n) is 2.99. The molecule has 0 unspecified atom stereocenters. The van der Waals surface area contributed by atoms with Crippen LogP contribution in [-0.2, 0) is 11.3 Å². The molecule has 1 amide bonds. The van der Waals surface area contributed by atoms with Crippen LogP contribution in [0.25, 0.3) is 0 Å². The molecule has 6 heteroatoms. The summed E-state index contributed by atoms with van der Waals surface area (Å²) in [5.41, 5.74) is 0.562. The van der Waals surface area contributed by atoms with E-state index in [1.165, 1.54) is 17.2 Å². The molecule has 0 spiro atoms. The Labute approximate surface area is 122 Å². The maximum atomic E-state index is 13.0. The Morgan fingerprint density at radius 1 is 1.29 bits per heavy atom. The number of nitrogens with zero attached hydrogens (tertiary/aromatic N) is 2. The molecule has 2 aliphatic rings. The van der Waals surface area contributed by atoms with Gasteiger partial charge in [0.2, 0.25) is 5.91 Å². The van der Waals surface area contributed by atoms with Crippen LogP contribution in [0.2, 0.25) is 0 Å². The highest BCUT2D eigenvalue weighted by molar-refractivity contribution is 5.76. The monoisotopic (exact) mass is 297 g/mol. The number of hydrogen-bond donors (Lipinski definition) is 1. The van der Waals surface area contributed by atoms with E-state index >= 15 is 0 Å². The summed E-state index contributed by atoms with van der Waals surface area (Å²) in [5, 5.41) is 7.15. The lowest BCUT2D eigenvalue weighted by molar-refractivity contribution is -0.122. The first-order valence-electron chi connectivity index (χ1n) is 7.78. The van der Waals surface area contributed by atoms with Crippen molar-refractivity contribution in [3.8, 4) is 0 Å². The third-order valence-corrected chi connectivity index (χ3v) is 4.31. The van der Waals surface area contributed by atoms with E-state index in [0.717, 1.165) is 38.5 Å². The van der Waals surface area contributed by atoms with E-state index in [2.05, 4.69) is 10.4 Å². The Morgan fingerprint density at radius 2 is 2.00 bits per heavy atom. The first-order valence-corrected chi connectivity index (χ1v) is 7.78. The molecule has 1 N–H and O–H groups in total. The van der Waals surface area contributed by atoms with Gasteiger partial charge in [-0.25, -0.2) is 8.78 Å². The SMILES string of the molecule is O=C(Cn1nc(C2CC2)cc1C(F)F)NC1CCCCC1. The zero-order chi connectivity index (χ0) is 14.8. The molecule has 3 rings (SSSR count). The highest BCUT2D eigenvalue weighted by atomic mass is 19.3. The third kappa shape index (κ3) is 3.60. The molecular formula is C15H21F2N3O. The predicted octanol–water partition coefficient (Wildman–Crippen LogP) is 3.15. The van der Waals surface area contributed by atoms with Gasteiger partial charge in [0, 0.05) is 12.0 Å². The van der Waals surface area contributed by atoms with E-state index in [4.69, 9.17) is 0 Å². The second-order valence-electron chi connectivity index (χ2n) is 6.13. The summed E-state index contributed by atoms with van der Waals surface area (Å²) < 4.78 is 27.3. The Morgan fingerprint density at radius 3 is 2.62 bits per heavy atom. The molecule has 1 aromatic heterocycles. The van der Waals surface area contributed by atoms with Crippen molar-refractivity contribution < 1.29 is 13.6 Å². The fraction of sp³-hybridized carbons (Fsp3) is 0.733. The van der Waals surface area contributed by atoms with Crippen LogP contribution in [0, 0.1) is 0 Å². The zero-order valence-electron chi connectivity index (χ0n) is 12.0. The summed E-state index contributed by atoms with van der Waals surface area (Å²) in [6.45, 7) is -0.108. The van der Waals surface area contributed by atoms with Crippen LogP contribution in [0.1, 0.15) is 68.7 Å². The van der Waals surface area contributed by atoms with E-state index in [1.54, 1.807) is 0 Å². The van der Waals surface area contributed by atoms with Crippen molar-refractivity contribution in [2.24, 2.45) is 0 Å². The van der Waals surface area contributed by atoms with Crippen LogP contribution < -0.4 is 5.32 Å². The third-order valence-electron chi connectivity index (χ3n) is 4.31. The molecule has 0 radical (unpaired) electrons. The summed E-state index contributed by atoms with van der Waals surface area (Å²) in [6.07, 6.45) is 4.86. The van der Waals surface area contributed by atoms with Crippen LogP contribution in [0.3, 0.4) is 0 Å². The van der Waals surface area contributed by atoms with Crippen molar-refractivity contribution in [1.29, 1.82) is 0 Å². The van der Waals surface area contributed by atoms with E-state index < -0.39 is 6.43 Å². The minimum atomic E-state index is -2.59. The van der Waals surface area contributed by atoms with Gasteiger partial charge in [-0.3, -0.25) is 9.48 Å². The Hall–Kier alpha value is -1.46. The topological polar surface area (TPSA) is 46.9 Å². The van der Waals surface area contributed by atoms with Gasteiger partial charge in [0.15, 0.2) is 0 Å². The molecule has 0 saturated heterocycles. The summed E-state index contributed by atoms with van der Waals surface area (Å²) in [7, 11) is 0. The minimum absolute atomic E-state index is 0.108. The van der Waals surface area contributed by atoms with Crippen LogP contribution in [0.5, 0.6) is 0 Å². The largest absolute Gasteiger partial charge is 0.352 e. The second-order valence-corrected chi connectivity index (χ2v) is 6.13. The van der Waals surface area contributed by atoms with Gasteiger partial charge in [0.1, 0.15) is 12.2 Å². The van der Waals surface area contributed by atoms with Crippen molar-refractivity contribution in [3.05, 3.63) is 17.5 Å². The van der Waals surface area contributed by atoms with Crippen molar-refractivity contribution in [1.82, 2.24) is 15.1 Å². The molecule has 2 fully saturated rings. The van der Waals surface area contributed by atoms with Gasteiger partial charge in [0.05, 0.1) is 5.69 Å². The number of carbonyl (C=O) groups excluding carboxylic acids is 1. The molecule has 2 aliphatic carbocycles. The average molecular weight is 297 g/mol. The zero-order valence-corrected chi connectivity index (χ0v) is 12.0. The molecule has 0 atom stereocenters. The van der Waals surface area contributed by atoms with Gasteiger partial charge < -0.3 is 5.32 Å². The van der Waals surface area contributed by atoms with Gasteiger partial charge in [-0.15, -0.1) is 0 Å². The summed E-state index contributed by atoms with van der Waals surface area (Å²) in [5.74, 6) is 0.0967. The van der Waals surface area contributed by atoms with Crippen LogP contribution in [0.15, 0.2) is 6.07 Å². The number of aromatic nitrogens is 2. The minimum Gasteiger partial charge on any atom is -0.352 e. The van der Waals surface area contributed by atoms with E-state index in [0.29, 0.717) is 11.6 Å². The number of halogens is 2.